The van der Waals surface area contributed by atoms with E-state index in [1.54, 1.807) is 0 Å². The summed E-state index contributed by atoms with van der Waals surface area (Å²) in [6.45, 7) is 12.7. The number of carbonyl (C=O) groups is 1. The molecule has 0 aromatic heterocycles. The highest BCUT2D eigenvalue weighted by molar-refractivity contribution is 5.69. The Balaban J connectivity index is 4.26. The van der Waals surface area contributed by atoms with Gasteiger partial charge < -0.3 is 5.11 Å². The lowest BCUT2D eigenvalue weighted by Crippen LogP contribution is -2.44. The van der Waals surface area contributed by atoms with Crippen LogP contribution in [0, 0.1) is 0 Å². The largest absolute Gasteiger partial charge is 0.480 e. The van der Waals surface area contributed by atoms with Crippen molar-refractivity contribution in [3.8, 4) is 0 Å². The Morgan fingerprint density at radius 3 is 2.21 bits per heavy atom. The highest BCUT2D eigenvalue weighted by atomic mass is 16.4. The average Bonchev–Trinajstić information content (AvgIpc) is 1.94. The van der Waals surface area contributed by atoms with Crippen LogP contribution >= 0.6 is 0 Å². The monoisotopic (exact) mass is 199 g/mol. The van der Waals surface area contributed by atoms with Crippen molar-refractivity contribution < 1.29 is 9.90 Å². The third-order valence-corrected chi connectivity index (χ3v) is 2.08. The highest BCUT2D eigenvalue weighted by Gasteiger charge is 2.22. The van der Waals surface area contributed by atoms with Crippen molar-refractivity contribution in [2.45, 2.75) is 39.7 Å². The number of carboxylic acid groups (broad SMARTS) is 1. The first-order chi connectivity index (χ1) is 6.23. The number of aliphatic carboxylic acids is 1. The smallest absolute Gasteiger partial charge is 0.317 e. The van der Waals surface area contributed by atoms with Gasteiger partial charge in [-0.2, -0.15) is 0 Å². The van der Waals surface area contributed by atoms with Crippen LogP contribution in [0.15, 0.2) is 12.2 Å². The molecule has 0 bridgehead atoms. The van der Waals surface area contributed by atoms with E-state index in [9.17, 15) is 4.79 Å². The molecule has 0 aromatic rings. The van der Waals surface area contributed by atoms with Gasteiger partial charge in [-0.05, 0) is 34.1 Å². The number of nitrogens with zero attached hydrogens (tertiary/aromatic N) is 1. The molecule has 0 saturated carbocycles. The minimum Gasteiger partial charge on any atom is -0.480 e. The summed E-state index contributed by atoms with van der Waals surface area (Å²) in [6.07, 6.45) is 0.852. The van der Waals surface area contributed by atoms with Crippen LogP contribution in [0.25, 0.3) is 0 Å². The van der Waals surface area contributed by atoms with Crippen LogP contribution in [0.2, 0.25) is 0 Å². The molecule has 0 saturated heterocycles. The van der Waals surface area contributed by atoms with Crippen LogP contribution in [-0.2, 0) is 4.79 Å². The molecule has 1 N–H and O–H groups in total. The van der Waals surface area contributed by atoms with E-state index >= 15 is 0 Å². The van der Waals surface area contributed by atoms with Gasteiger partial charge in [-0.1, -0.05) is 5.57 Å². The summed E-state index contributed by atoms with van der Waals surface area (Å²) in [5.74, 6) is -0.776. The molecule has 0 unspecified atom stereocenters. The SMILES string of the molecule is C=C(C)CCN(CC(=O)O)C(C)(C)C. The molecule has 0 rings (SSSR count). The van der Waals surface area contributed by atoms with Crippen molar-refractivity contribution in [2.75, 3.05) is 13.1 Å². The van der Waals surface area contributed by atoms with E-state index in [1.807, 2.05) is 32.6 Å². The predicted octanol–water partition coefficient (Wildman–Crippen LogP) is 2.14. The van der Waals surface area contributed by atoms with Gasteiger partial charge in [0.2, 0.25) is 0 Å². The maximum Gasteiger partial charge on any atom is 0.317 e. The lowest BCUT2D eigenvalue weighted by Gasteiger charge is -2.34. The van der Waals surface area contributed by atoms with Gasteiger partial charge in [0.1, 0.15) is 0 Å². The summed E-state index contributed by atoms with van der Waals surface area (Å²) in [7, 11) is 0. The summed E-state index contributed by atoms with van der Waals surface area (Å²) in [6, 6.07) is 0. The van der Waals surface area contributed by atoms with Gasteiger partial charge in [0, 0.05) is 12.1 Å². The van der Waals surface area contributed by atoms with E-state index in [0.717, 1.165) is 18.5 Å². The number of rotatable bonds is 5. The average molecular weight is 199 g/mol. The summed E-state index contributed by atoms with van der Waals surface area (Å²) in [5, 5.41) is 8.75. The number of hydrogen-bond donors (Lipinski definition) is 1. The van der Waals surface area contributed by atoms with Crippen LogP contribution in [0.3, 0.4) is 0 Å². The summed E-state index contributed by atoms with van der Waals surface area (Å²) in [5.41, 5.74) is 0.984. The van der Waals surface area contributed by atoms with E-state index < -0.39 is 5.97 Å². The Morgan fingerprint density at radius 1 is 1.43 bits per heavy atom. The van der Waals surface area contributed by atoms with E-state index in [0.29, 0.717) is 0 Å². The first-order valence-electron chi connectivity index (χ1n) is 4.84. The minimum absolute atomic E-state index is 0.0940. The molecule has 0 fully saturated rings. The molecule has 0 atom stereocenters. The van der Waals surface area contributed by atoms with Crippen LogP contribution in [-0.4, -0.2) is 34.6 Å². The Hall–Kier alpha value is -0.830. The second kappa shape index (κ2) is 5.15. The second-order valence-electron chi connectivity index (χ2n) is 4.69. The topological polar surface area (TPSA) is 40.5 Å². The van der Waals surface area contributed by atoms with Gasteiger partial charge in [-0.15, -0.1) is 6.58 Å². The minimum atomic E-state index is -0.776. The standard InChI is InChI=1S/C11H21NO2/c1-9(2)6-7-12(8-10(13)14)11(3,4)5/h1,6-8H2,2-5H3,(H,13,14). The fraction of sp³-hybridized carbons (Fsp3) is 0.727. The normalized spacial score (nSPS) is 11.8. The van der Waals surface area contributed by atoms with E-state index in [4.69, 9.17) is 5.11 Å². The molecule has 0 radical (unpaired) electrons. The van der Waals surface area contributed by atoms with Crippen LogP contribution in [0.1, 0.15) is 34.1 Å². The van der Waals surface area contributed by atoms with Crippen molar-refractivity contribution in [2.24, 2.45) is 0 Å². The van der Waals surface area contributed by atoms with Crippen molar-refractivity contribution in [1.82, 2.24) is 4.90 Å². The zero-order valence-electron chi connectivity index (χ0n) is 9.63. The molecular formula is C11H21NO2. The zero-order valence-corrected chi connectivity index (χ0v) is 9.63. The predicted molar refractivity (Wildman–Crippen MR) is 58.4 cm³/mol. The van der Waals surface area contributed by atoms with Gasteiger partial charge >= 0.3 is 5.97 Å². The molecule has 0 amide bonds. The second-order valence-corrected chi connectivity index (χ2v) is 4.69. The molecule has 14 heavy (non-hydrogen) atoms. The Morgan fingerprint density at radius 2 is 1.93 bits per heavy atom. The van der Waals surface area contributed by atoms with Gasteiger partial charge in [0.15, 0.2) is 0 Å². The Bertz CT molecular complexity index is 216. The van der Waals surface area contributed by atoms with Gasteiger partial charge in [-0.25, -0.2) is 0 Å². The van der Waals surface area contributed by atoms with Crippen molar-refractivity contribution in [1.29, 1.82) is 0 Å². The van der Waals surface area contributed by atoms with E-state index in [1.165, 1.54) is 0 Å². The first-order valence-corrected chi connectivity index (χ1v) is 4.84. The van der Waals surface area contributed by atoms with Gasteiger partial charge in [-0.3, -0.25) is 9.69 Å². The quantitative estimate of drug-likeness (QED) is 0.690. The maximum atomic E-state index is 10.6. The van der Waals surface area contributed by atoms with E-state index in [2.05, 4.69) is 6.58 Å². The van der Waals surface area contributed by atoms with Crippen LogP contribution in [0.4, 0.5) is 0 Å². The molecule has 3 nitrogen and oxygen atoms in total. The summed E-state index contributed by atoms with van der Waals surface area (Å²) in [4.78, 5) is 12.6. The fourth-order valence-corrected chi connectivity index (χ4v) is 1.14. The Labute approximate surface area is 86.4 Å². The van der Waals surface area contributed by atoms with Gasteiger partial charge in [0.05, 0.1) is 6.54 Å². The molecule has 0 aliphatic heterocycles. The third kappa shape index (κ3) is 5.75. The lowest BCUT2D eigenvalue weighted by atomic mass is 10.0. The van der Waals surface area contributed by atoms with Crippen molar-refractivity contribution in [3.05, 3.63) is 12.2 Å². The summed E-state index contributed by atoms with van der Waals surface area (Å²) >= 11 is 0. The Kier molecular flexibility index (Phi) is 4.85. The molecule has 0 aromatic carbocycles. The zero-order chi connectivity index (χ0) is 11.4. The molecule has 0 heterocycles. The third-order valence-electron chi connectivity index (χ3n) is 2.08. The first kappa shape index (κ1) is 13.2. The molecular weight excluding hydrogens is 178 g/mol. The molecule has 0 aliphatic carbocycles. The van der Waals surface area contributed by atoms with Crippen molar-refractivity contribution >= 4 is 5.97 Å². The van der Waals surface area contributed by atoms with Crippen molar-refractivity contribution in [3.63, 3.8) is 0 Å². The molecule has 0 aliphatic rings. The molecule has 3 heteroatoms. The lowest BCUT2D eigenvalue weighted by molar-refractivity contribution is -0.139. The fourth-order valence-electron chi connectivity index (χ4n) is 1.14. The van der Waals surface area contributed by atoms with E-state index in [-0.39, 0.29) is 12.1 Å². The molecule has 82 valence electrons. The summed E-state index contributed by atoms with van der Waals surface area (Å²) < 4.78 is 0. The number of hydrogen-bond acceptors (Lipinski definition) is 2. The van der Waals surface area contributed by atoms with Gasteiger partial charge in [0.25, 0.3) is 0 Å². The highest BCUT2D eigenvalue weighted by Crippen LogP contribution is 2.14. The number of carboxylic acids is 1. The maximum absolute atomic E-state index is 10.6. The molecule has 0 spiro atoms. The van der Waals surface area contributed by atoms with Crippen LogP contribution in [0.5, 0.6) is 0 Å². The van der Waals surface area contributed by atoms with Crippen LogP contribution < -0.4 is 0 Å².